The maximum absolute atomic E-state index is 12.2. The minimum atomic E-state index is -0.739. The quantitative estimate of drug-likeness (QED) is 0.323. The minimum absolute atomic E-state index is 0.210. The Morgan fingerprint density at radius 2 is 2.00 bits per heavy atom. The topological polar surface area (TPSA) is 128 Å². The average Bonchev–Trinajstić information content (AvgIpc) is 3.31. The Kier molecular flexibility index (Phi) is 4.01. The summed E-state index contributed by atoms with van der Waals surface area (Å²) in [7, 11) is 0. The largest absolute Gasteiger partial charge is 0.433 e. The number of benzene rings is 1. The highest BCUT2D eigenvalue weighted by molar-refractivity contribution is 7.14. The number of nitro groups is 1. The Morgan fingerprint density at radius 3 is 2.78 bits per heavy atom. The highest BCUT2D eigenvalue weighted by Crippen LogP contribution is 2.26. The molecule has 27 heavy (non-hydrogen) atoms. The molecule has 0 bridgehead atoms. The number of nitrogens with zero attached hydrogens (tertiary/aromatic N) is 2. The van der Waals surface area contributed by atoms with Gasteiger partial charge in [0.25, 0.3) is 5.91 Å². The van der Waals surface area contributed by atoms with E-state index in [1.807, 2.05) is 6.07 Å². The van der Waals surface area contributed by atoms with Crippen LogP contribution >= 0.6 is 11.3 Å². The third-order valence-corrected chi connectivity index (χ3v) is 4.40. The van der Waals surface area contributed by atoms with Gasteiger partial charge in [-0.2, -0.15) is 0 Å². The molecule has 0 spiro atoms. The van der Waals surface area contributed by atoms with Crippen molar-refractivity contribution in [1.82, 2.24) is 4.98 Å². The van der Waals surface area contributed by atoms with Crippen molar-refractivity contribution in [1.29, 1.82) is 0 Å². The first kappa shape index (κ1) is 16.7. The first-order valence-corrected chi connectivity index (χ1v) is 8.43. The van der Waals surface area contributed by atoms with Crippen LogP contribution in [0, 0.1) is 10.1 Å². The molecule has 3 heterocycles. The van der Waals surface area contributed by atoms with Gasteiger partial charge < -0.3 is 8.83 Å². The van der Waals surface area contributed by atoms with Crippen LogP contribution in [0.5, 0.6) is 0 Å². The number of para-hydroxylation sites is 1. The summed E-state index contributed by atoms with van der Waals surface area (Å²) in [5.41, 5.74) is 0.535. The lowest BCUT2D eigenvalue weighted by Gasteiger charge is -1.99. The molecule has 0 aliphatic carbocycles. The molecule has 0 atom stereocenters. The van der Waals surface area contributed by atoms with Gasteiger partial charge in [-0.1, -0.05) is 18.2 Å². The Balaban J connectivity index is 1.60. The monoisotopic (exact) mass is 383 g/mol. The SMILES string of the molecule is O=C(Nc1nc(-c2cc3ccccc3oc2=O)cs1)c1ccc([N+](=O)[O-])o1. The molecule has 0 unspecified atom stereocenters. The van der Waals surface area contributed by atoms with E-state index in [0.717, 1.165) is 22.8 Å². The molecular weight excluding hydrogens is 374 g/mol. The van der Waals surface area contributed by atoms with Crippen LogP contribution in [-0.2, 0) is 0 Å². The van der Waals surface area contributed by atoms with E-state index in [1.165, 1.54) is 6.07 Å². The molecule has 4 rings (SSSR count). The molecule has 10 heteroatoms. The number of rotatable bonds is 4. The first-order valence-electron chi connectivity index (χ1n) is 7.55. The van der Waals surface area contributed by atoms with E-state index in [1.54, 1.807) is 29.6 Å². The predicted octanol–water partition coefficient (Wildman–Crippen LogP) is 3.67. The number of furan rings is 1. The van der Waals surface area contributed by atoms with Gasteiger partial charge in [-0.05, 0) is 18.2 Å². The molecular formula is C17H9N3O6S. The predicted molar refractivity (Wildman–Crippen MR) is 96.9 cm³/mol. The van der Waals surface area contributed by atoms with E-state index >= 15 is 0 Å². The van der Waals surface area contributed by atoms with Crippen LogP contribution in [0.25, 0.3) is 22.2 Å². The number of fused-ring (bicyclic) bond motifs is 1. The fraction of sp³-hybridized carbons (Fsp3) is 0. The summed E-state index contributed by atoms with van der Waals surface area (Å²) < 4.78 is 10.1. The van der Waals surface area contributed by atoms with E-state index in [-0.39, 0.29) is 16.5 Å². The molecule has 134 valence electrons. The van der Waals surface area contributed by atoms with Gasteiger partial charge in [0.15, 0.2) is 10.9 Å². The van der Waals surface area contributed by atoms with Crippen molar-refractivity contribution in [2.45, 2.75) is 0 Å². The summed E-state index contributed by atoms with van der Waals surface area (Å²) in [6.07, 6.45) is 0. The summed E-state index contributed by atoms with van der Waals surface area (Å²) in [5, 5.41) is 15.6. The van der Waals surface area contributed by atoms with Crippen molar-refractivity contribution < 1.29 is 18.6 Å². The van der Waals surface area contributed by atoms with E-state index in [2.05, 4.69) is 10.3 Å². The van der Waals surface area contributed by atoms with Crippen molar-refractivity contribution in [2.24, 2.45) is 0 Å². The second-order valence-corrected chi connectivity index (χ2v) is 6.23. The standard InChI is InChI=1S/C17H9N3O6S/c21-15(13-5-6-14(25-13)20(23)24)19-17-18-11(8-27-17)10-7-9-3-1-2-4-12(9)26-16(10)22/h1-8H,(H,18,19,21). The summed E-state index contributed by atoms with van der Waals surface area (Å²) in [6.45, 7) is 0. The smallest absolute Gasteiger partial charge is 0.422 e. The van der Waals surface area contributed by atoms with Crippen LogP contribution in [0.4, 0.5) is 11.0 Å². The van der Waals surface area contributed by atoms with Gasteiger partial charge in [0.2, 0.25) is 0 Å². The molecule has 0 aliphatic heterocycles. The molecule has 0 saturated heterocycles. The Bertz CT molecular complexity index is 1240. The molecule has 1 amide bonds. The van der Waals surface area contributed by atoms with Gasteiger partial charge in [0.1, 0.15) is 10.5 Å². The summed E-state index contributed by atoms with van der Waals surface area (Å²) in [6, 6.07) is 11.0. The number of carbonyl (C=O) groups excluding carboxylic acids is 1. The lowest BCUT2D eigenvalue weighted by atomic mass is 10.1. The average molecular weight is 383 g/mol. The third-order valence-electron chi connectivity index (χ3n) is 3.64. The molecule has 3 aromatic heterocycles. The van der Waals surface area contributed by atoms with E-state index in [4.69, 9.17) is 8.83 Å². The number of thiazole rings is 1. The zero-order valence-electron chi connectivity index (χ0n) is 13.4. The Morgan fingerprint density at radius 1 is 1.19 bits per heavy atom. The van der Waals surface area contributed by atoms with Crippen molar-refractivity contribution >= 4 is 39.2 Å². The van der Waals surface area contributed by atoms with Crippen LogP contribution in [0.1, 0.15) is 10.6 Å². The molecule has 4 aromatic rings. The number of amides is 1. The summed E-state index contributed by atoms with van der Waals surface area (Å²) in [4.78, 5) is 38.4. The number of hydrogen-bond donors (Lipinski definition) is 1. The highest BCUT2D eigenvalue weighted by Gasteiger charge is 2.19. The number of hydrogen-bond acceptors (Lipinski definition) is 8. The van der Waals surface area contributed by atoms with Crippen molar-refractivity contribution in [3.8, 4) is 11.3 Å². The zero-order chi connectivity index (χ0) is 19.0. The van der Waals surface area contributed by atoms with Crippen LogP contribution < -0.4 is 10.9 Å². The molecule has 1 aromatic carbocycles. The Hall–Kier alpha value is -3.79. The number of nitrogens with one attached hydrogen (secondary N) is 1. The van der Waals surface area contributed by atoms with Gasteiger partial charge >= 0.3 is 11.5 Å². The second-order valence-electron chi connectivity index (χ2n) is 5.37. The highest BCUT2D eigenvalue weighted by atomic mass is 32.1. The van der Waals surface area contributed by atoms with Crippen LogP contribution in [0.3, 0.4) is 0 Å². The number of aromatic nitrogens is 1. The number of anilines is 1. The fourth-order valence-electron chi connectivity index (χ4n) is 2.40. The third kappa shape index (κ3) is 3.20. The molecule has 1 N–H and O–H groups in total. The van der Waals surface area contributed by atoms with Crippen LogP contribution in [0.15, 0.2) is 61.5 Å². The lowest BCUT2D eigenvalue weighted by Crippen LogP contribution is -2.10. The van der Waals surface area contributed by atoms with E-state index in [9.17, 15) is 19.7 Å². The first-order chi connectivity index (χ1) is 13.0. The normalized spacial score (nSPS) is 10.8. The minimum Gasteiger partial charge on any atom is -0.422 e. The zero-order valence-corrected chi connectivity index (χ0v) is 14.2. The molecule has 0 saturated carbocycles. The van der Waals surface area contributed by atoms with Gasteiger partial charge in [0, 0.05) is 10.8 Å². The van der Waals surface area contributed by atoms with E-state index in [0.29, 0.717) is 11.3 Å². The van der Waals surface area contributed by atoms with Crippen molar-refractivity contribution in [3.63, 3.8) is 0 Å². The second kappa shape index (κ2) is 6.50. The lowest BCUT2D eigenvalue weighted by molar-refractivity contribution is -0.402. The van der Waals surface area contributed by atoms with Crippen LogP contribution in [-0.4, -0.2) is 15.8 Å². The molecule has 9 nitrogen and oxygen atoms in total. The molecule has 0 radical (unpaired) electrons. The summed E-state index contributed by atoms with van der Waals surface area (Å²) >= 11 is 1.10. The molecule has 0 fully saturated rings. The van der Waals surface area contributed by atoms with Gasteiger partial charge in [-0.25, -0.2) is 9.78 Å². The van der Waals surface area contributed by atoms with Crippen molar-refractivity contribution in [2.75, 3.05) is 5.32 Å². The maximum Gasteiger partial charge on any atom is 0.433 e. The van der Waals surface area contributed by atoms with Gasteiger partial charge in [-0.3, -0.25) is 20.2 Å². The van der Waals surface area contributed by atoms with Gasteiger partial charge in [0.05, 0.1) is 17.3 Å². The van der Waals surface area contributed by atoms with Gasteiger partial charge in [-0.15, -0.1) is 11.3 Å². The Labute approximate surface area is 154 Å². The maximum atomic E-state index is 12.2. The number of carbonyl (C=O) groups is 1. The fourth-order valence-corrected chi connectivity index (χ4v) is 3.11. The van der Waals surface area contributed by atoms with Crippen molar-refractivity contribution in [3.05, 3.63) is 74.1 Å². The molecule has 0 aliphatic rings. The summed E-state index contributed by atoms with van der Waals surface area (Å²) in [5.74, 6) is -1.44. The van der Waals surface area contributed by atoms with E-state index < -0.39 is 22.3 Å². The van der Waals surface area contributed by atoms with Crippen LogP contribution in [0.2, 0.25) is 0 Å².